The molecule has 0 saturated carbocycles. The maximum Gasteiger partial charge on any atom is 0.365 e. The number of ether oxygens (including phenoxy) is 1. The van der Waals surface area contributed by atoms with Crippen LogP contribution in [-0.2, 0) is 11.3 Å². The summed E-state index contributed by atoms with van der Waals surface area (Å²) in [6, 6.07) is 7.37. The normalized spacial score (nSPS) is 10.5. The molecule has 0 aliphatic carbocycles. The molecular formula is C9H10N4O2. The van der Waals surface area contributed by atoms with Crippen LogP contribution in [0.4, 0.5) is 0 Å². The number of para-hydroxylation sites is 1. The van der Waals surface area contributed by atoms with Crippen LogP contribution >= 0.6 is 0 Å². The predicted octanol–water partition coefficient (Wildman–Crippen LogP) is 0.102. The summed E-state index contributed by atoms with van der Waals surface area (Å²) in [7, 11) is 1.60. The van der Waals surface area contributed by atoms with Crippen LogP contribution in [0.5, 0.6) is 0 Å². The van der Waals surface area contributed by atoms with Gasteiger partial charge in [-0.2, -0.15) is 4.68 Å². The van der Waals surface area contributed by atoms with Crippen molar-refractivity contribution >= 4 is 0 Å². The fraction of sp³-hybridized carbons (Fsp3) is 0.222. The Morgan fingerprint density at radius 3 is 2.93 bits per heavy atom. The zero-order valence-electron chi connectivity index (χ0n) is 8.17. The largest absolute Gasteiger partial charge is 0.380 e. The molecule has 6 nitrogen and oxygen atoms in total. The van der Waals surface area contributed by atoms with Crippen LogP contribution in [0, 0.1) is 0 Å². The Morgan fingerprint density at radius 1 is 1.47 bits per heavy atom. The Morgan fingerprint density at radius 2 is 2.27 bits per heavy atom. The number of benzene rings is 1. The Hall–Kier alpha value is -1.95. The minimum absolute atomic E-state index is 0.362. The van der Waals surface area contributed by atoms with E-state index in [-0.39, 0.29) is 5.69 Å². The topological polar surface area (TPSA) is 72.8 Å². The highest BCUT2D eigenvalue weighted by Gasteiger charge is 2.07. The highest BCUT2D eigenvalue weighted by atomic mass is 16.5. The first-order chi connectivity index (χ1) is 7.33. The van der Waals surface area contributed by atoms with Gasteiger partial charge in [-0.1, -0.05) is 18.2 Å². The Kier molecular flexibility index (Phi) is 2.59. The zero-order valence-corrected chi connectivity index (χ0v) is 8.17. The van der Waals surface area contributed by atoms with Crippen molar-refractivity contribution in [3.8, 4) is 5.69 Å². The molecule has 0 aliphatic heterocycles. The summed E-state index contributed by atoms with van der Waals surface area (Å²) in [5.74, 6) is 0. The summed E-state index contributed by atoms with van der Waals surface area (Å²) in [5.41, 5.74) is 1.20. The van der Waals surface area contributed by atoms with Gasteiger partial charge in [0.2, 0.25) is 0 Å². The highest BCUT2D eigenvalue weighted by Crippen LogP contribution is 2.11. The fourth-order valence-corrected chi connectivity index (χ4v) is 1.35. The number of methoxy groups -OCH3 is 1. The van der Waals surface area contributed by atoms with Gasteiger partial charge < -0.3 is 4.74 Å². The van der Waals surface area contributed by atoms with Crippen LogP contribution in [0.3, 0.4) is 0 Å². The van der Waals surface area contributed by atoms with Gasteiger partial charge in [-0.25, -0.2) is 9.89 Å². The number of hydrogen-bond donors (Lipinski definition) is 1. The average molecular weight is 206 g/mol. The molecule has 0 spiro atoms. The van der Waals surface area contributed by atoms with E-state index in [0.29, 0.717) is 12.3 Å². The zero-order chi connectivity index (χ0) is 10.7. The minimum atomic E-state index is -0.362. The molecule has 1 aromatic heterocycles. The standard InChI is InChI=1S/C9H10N4O2/c1-15-6-7-4-2-3-5-8(7)13-9(14)10-11-12-13/h2-5H,6H2,1H3,(H,10,12,14). The smallest absolute Gasteiger partial charge is 0.365 e. The van der Waals surface area contributed by atoms with Crippen molar-refractivity contribution in [1.82, 2.24) is 20.2 Å². The number of tetrazole rings is 1. The van der Waals surface area contributed by atoms with E-state index in [1.807, 2.05) is 18.2 Å². The molecule has 78 valence electrons. The monoisotopic (exact) mass is 206 g/mol. The van der Waals surface area contributed by atoms with E-state index < -0.39 is 0 Å². The molecule has 6 heteroatoms. The minimum Gasteiger partial charge on any atom is -0.380 e. The van der Waals surface area contributed by atoms with E-state index in [1.165, 1.54) is 4.68 Å². The van der Waals surface area contributed by atoms with E-state index >= 15 is 0 Å². The lowest BCUT2D eigenvalue weighted by Crippen LogP contribution is -2.17. The molecule has 0 radical (unpaired) electrons. The summed E-state index contributed by atoms with van der Waals surface area (Å²) in [6.07, 6.45) is 0. The van der Waals surface area contributed by atoms with Crippen molar-refractivity contribution in [3.63, 3.8) is 0 Å². The first kappa shape index (κ1) is 9.60. The SMILES string of the molecule is COCc1ccccc1-n1nn[nH]c1=O. The fourth-order valence-electron chi connectivity index (χ4n) is 1.35. The number of nitrogens with one attached hydrogen (secondary N) is 1. The van der Waals surface area contributed by atoms with Crippen LogP contribution in [0.1, 0.15) is 5.56 Å². The lowest BCUT2D eigenvalue weighted by Gasteiger charge is -2.05. The molecule has 15 heavy (non-hydrogen) atoms. The molecule has 1 aromatic carbocycles. The number of nitrogens with zero attached hydrogens (tertiary/aromatic N) is 3. The van der Waals surface area contributed by atoms with Crippen molar-refractivity contribution in [2.45, 2.75) is 6.61 Å². The molecule has 0 saturated heterocycles. The summed E-state index contributed by atoms with van der Waals surface area (Å²) in [5, 5.41) is 9.35. The van der Waals surface area contributed by atoms with Crippen molar-refractivity contribution in [3.05, 3.63) is 40.3 Å². The van der Waals surface area contributed by atoms with Gasteiger partial charge in [0.15, 0.2) is 0 Å². The predicted molar refractivity (Wildman–Crippen MR) is 52.7 cm³/mol. The van der Waals surface area contributed by atoms with Crippen molar-refractivity contribution in [1.29, 1.82) is 0 Å². The van der Waals surface area contributed by atoms with Gasteiger partial charge in [0.25, 0.3) is 0 Å². The van der Waals surface area contributed by atoms with Gasteiger partial charge in [0.05, 0.1) is 12.3 Å². The summed E-state index contributed by atoms with van der Waals surface area (Å²) in [4.78, 5) is 11.3. The first-order valence-electron chi connectivity index (χ1n) is 4.40. The van der Waals surface area contributed by atoms with E-state index in [9.17, 15) is 4.79 Å². The maximum absolute atomic E-state index is 11.3. The molecule has 2 rings (SSSR count). The molecule has 0 fully saturated rings. The number of H-pyrrole nitrogens is 1. The van der Waals surface area contributed by atoms with Crippen LogP contribution in [-0.4, -0.2) is 27.3 Å². The van der Waals surface area contributed by atoms with E-state index in [1.54, 1.807) is 13.2 Å². The van der Waals surface area contributed by atoms with Crippen LogP contribution in [0.2, 0.25) is 0 Å². The highest BCUT2D eigenvalue weighted by molar-refractivity contribution is 5.39. The third-order valence-electron chi connectivity index (χ3n) is 1.99. The number of aromatic amines is 1. The molecule has 0 atom stereocenters. The number of aromatic nitrogens is 4. The molecular weight excluding hydrogens is 196 g/mol. The van der Waals surface area contributed by atoms with Gasteiger partial charge in [-0.3, -0.25) is 0 Å². The molecule has 0 unspecified atom stereocenters. The second-order valence-corrected chi connectivity index (χ2v) is 2.98. The maximum atomic E-state index is 11.3. The Labute approximate surface area is 85.5 Å². The van der Waals surface area contributed by atoms with E-state index in [4.69, 9.17) is 4.74 Å². The molecule has 1 heterocycles. The van der Waals surface area contributed by atoms with Crippen LogP contribution < -0.4 is 5.69 Å². The Bertz CT molecular complexity index is 503. The van der Waals surface area contributed by atoms with E-state index in [0.717, 1.165) is 5.56 Å². The van der Waals surface area contributed by atoms with Gasteiger partial charge in [-0.15, -0.1) is 0 Å². The molecule has 2 aromatic rings. The first-order valence-corrected chi connectivity index (χ1v) is 4.40. The summed E-state index contributed by atoms with van der Waals surface area (Å²) < 4.78 is 6.24. The molecule has 0 bridgehead atoms. The third kappa shape index (κ3) is 1.79. The van der Waals surface area contributed by atoms with Crippen LogP contribution in [0.15, 0.2) is 29.1 Å². The second kappa shape index (κ2) is 4.05. The van der Waals surface area contributed by atoms with Crippen molar-refractivity contribution in [2.75, 3.05) is 7.11 Å². The number of hydrogen-bond acceptors (Lipinski definition) is 4. The second-order valence-electron chi connectivity index (χ2n) is 2.98. The Balaban J connectivity index is 2.52. The van der Waals surface area contributed by atoms with E-state index in [2.05, 4.69) is 15.5 Å². The third-order valence-corrected chi connectivity index (χ3v) is 1.99. The van der Waals surface area contributed by atoms with Gasteiger partial charge >= 0.3 is 5.69 Å². The lowest BCUT2D eigenvalue weighted by atomic mass is 10.2. The van der Waals surface area contributed by atoms with Gasteiger partial charge in [-0.05, 0) is 16.5 Å². The quantitative estimate of drug-likeness (QED) is 0.773. The van der Waals surface area contributed by atoms with Crippen molar-refractivity contribution in [2.24, 2.45) is 0 Å². The number of rotatable bonds is 3. The van der Waals surface area contributed by atoms with Gasteiger partial charge in [0, 0.05) is 12.7 Å². The summed E-state index contributed by atoms with van der Waals surface area (Å²) >= 11 is 0. The summed E-state index contributed by atoms with van der Waals surface area (Å²) in [6.45, 7) is 0.426. The lowest BCUT2D eigenvalue weighted by molar-refractivity contribution is 0.184. The van der Waals surface area contributed by atoms with Gasteiger partial charge in [0.1, 0.15) is 0 Å². The molecule has 0 amide bonds. The molecule has 1 N–H and O–H groups in total. The average Bonchev–Trinajstić information content (AvgIpc) is 2.66. The molecule has 0 aliphatic rings. The van der Waals surface area contributed by atoms with Crippen LogP contribution in [0.25, 0.3) is 5.69 Å². The van der Waals surface area contributed by atoms with Crippen molar-refractivity contribution < 1.29 is 4.74 Å².